The highest BCUT2D eigenvalue weighted by Gasteiger charge is 2.10. The van der Waals surface area contributed by atoms with Crippen LogP contribution in [0.1, 0.15) is 27.0 Å². The van der Waals surface area contributed by atoms with Crippen LogP contribution in [0.2, 0.25) is 0 Å². The second-order valence-corrected chi connectivity index (χ2v) is 6.99. The number of carbonyl (C=O) groups excluding carboxylic acids is 2. The number of thioether (sulfide) groups is 1. The van der Waals surface area contributed by atoms with Crippen molar-refractivity contribution in [2.75, 3.05) is 19.8 Å². The highest BCUT2D eigenvalue weighted by molar-refractivity contribution is 7.99. The Hall–Kier alpha value is -2.27. The second kappa shape index (κ2) is 9.28. The van der Waals surface area contributed by atoms with Crippen molar-refractivity contribution in [2.45, 2.75) is 19.2 Å². The van der Waals surface area contributed by atoms with Gasteiger partial charge < -0.3 is 10.2 Å². The summed E-state index contributed by atoms with van der Waals surface area (Å²) in [5, 5.41) is 2.59. The number of aryl methyl sites for hydroxylation is 1. The molecule has 0 heterocycles. The van der Waals surface area contributed by atoms with Gasteiger partial charge >= 0.3 is 0 Å². The molecule has 0 radical (unpaired) electrons. The van der Waals surface area contributed by atoms with E-state index in [0.717, 1.165) is 11.3 Å². The van der Waals surface area contributed by atoms with Gasteiger partial charge in [-0.3, -0.25) is 9.59 Å². The fraction of sp³-hybridized carbons (Fsp3) is 0.300. The van der Waals surface area contributed by atoms with Gasteiger partial charge in [0.05, 0.1) is 5.75 Å². The van der Waals surface area contributed by atoms with Crippen molar-refractivity contribution in [3.8, 4) is 0 Å². The van der Waals surface area contributed by atoms with Gasteiger partial charge in [0.2, 0.25) is 5.91 Å². The number of amides is 2. The first-order valence-corrected chi connectivity index (χ1v) is 9.33. The van der Waals surface area contributed by atoms with Gasteiger partial charge in [0.1, 0.15) is 0 Å². The summed E-state index contributed by atoms with van der Waals surface area (Å²) in [4.78, 5) is 25.5. The molecule has 0 saturated heterocycles. The minimum absolute atomic E-state index is 0.105. The van der Waals surface area contributed by atoms with E-state index < -0.39 is 0 Å². The van der Waals surface area contributed by atoms with Crippen LogP contribution in [0.4, 0.5) is 0 Å². The summed E-state index contributed by atoms with van der Waals surface area (Å²) in [6, 6.07) is 15.7. The number of nitrogens with zero attached hydrogens (tertiary/aromatic N) is 1. The Morgan fingerprint density at radius 2 is 1.80 bits per heavy atom. The van der Waals surface area contributed by atoms with Crippen molar-refractivity contribution in [1.29, 1.82) is 0 Å². The van der Waals surface area contributed by atoms with Crippen LogP contribution in [0, 0.1) is 6.92 Å². The summed E-state index contributed by atoms with van der Waals surface area (Å²) in [5.74, 6) is 1.29. The van der Waals surface area contributed by atoms with Crippen molar-refractivity contribution < 1.29 is 9.59 Å². The molecular weight excluding hydrogens is 332 g/mol. The lowest BCUT2D eigenvalue weighted by Gasteiger charge is -2.17. The number of rotatable bonds is 7. The van der Waals surface area contributed by atoms with Crippen LogP contribution in [0.5, 0.6) is 0 Å². The third-order valence-corrected chi connectivity index (χ3v) is 4.85. The molecule has 1 N–H and O–H groups in total. The van der Waals surface area contributed by atoms with Crippen molar-refractivity contribution in [3.63, 3.8) is 0 Å². The van der Waals surface area contributed by atoms with Crippen LogP contribution in [-0.2, 0) is 17.1 Å². The van der Waals surface area contributed by atoms with E-state index in [1.54, 1.807) is 35.8 Å². The molecule has 0 saturated carbocycles. The Kier molecular flexibility index (Phi) is 7.07. The lowest BCUT2D eigenvalue weighted by Crippen LogP contribution is -2.27. The maximum atomic E-state index is 12.3. The molecule has 0 aliphatic heterocycles. The van der Waals surface area contributed by atoms with E-state index in [2.05, 4.69) is 30.4 Å². The van der Waals surface area contributed by atoms with Crippen LogP contribution in [0.25, 0.3) is 0 Å². The SMILES string of the molecule is CNC(=O)c1ccc(CN(C)C(=O)CSCc2cccc(C)c2)cc1. The summed E-state index contributed by atoms with van der Waals surface area (Å²) >= 11 is 1.63. The first kappa shape index (κ1) is 19.1. The summed E-state index contributed by atoms with van der Waals surface area (Å²) in [6.45, 7) is 2.61. The highest BCUT2D eigenvalue weighted by Crippen LogP contribution is 2.15. The molecule has 0 atom stereocenters. The quantitative estimate of drug-likeness (QED) is 0.828. The van der Waals surface area contributed by atoms with Crippen LogP contribution in [-0.4, -0.2) is 36.6 Å². The molecule has 25 heavy (non-hydrogen) atoms. The molecule has 0 aliphatic rings. The largest absolute Gasteiger partial charge is 0.355 e. The molecule has 0 bridgehead atoms. The predicted octanol–water partition coefficient (Wildman–Crippen LogP) is 3.25. The van der Waals surface area contributed by atoms with Crippen LogP contribution >= 0.6 is 11.8 Å². The molecule has 132 valence electrons. The van der Waals surface area contributed by atoms with Gasteiger partial charge in [0, 0.05) is 32.0 Å². The molecule has 4 nitrogen and oxygen atoms in total. The van der Waals surface area contributed by atoms with Gasteiger partial charge in [-0.1, -0.05) is 42.0 Å². The van der Waals surface area contributed by atoms with Crippen LogP contribution in [0.15, 0.2) is 48.5 Å². The van der Waals surface area contributed by atoms with Crippen molar-refractivity contribution >= 4 is 23.6 Å². The monoisotopic (exact) mass is 356 g/mol. The maximum absolute atomic E-state index is 12.3. The van der Waals surface area contributed by atoms with E-state index in [1.165, 1.54) is 11.1 Å². The topological polar surface area (TPSA) is 49.4 Å². The molecule has 5 heteroatoms. The van der Waals surface area contributed by atoms with Crippen molar-refractivity contribution in [3.05, 3.63) is 70.8 Å². The second-order valence-electron chi connectivity index (χ2n) is 6.01. The van der Waals surface area contributed by atoms with Gasteiger partial charge in [0.25, 0.3) is 5.91 Å². The third-order valence-electron chi connectivity index (χ3n) is 3.87. The smallest absolute Gasteiger partial charge is 0.251 e. The summed E-state index contributed by atoms with van der Waals surface area (Å²) in [6.07, 6.45) is 0. The third kappa shape index (κ3) is 5.94. The Morgan fingerprint density at radius 3 is 2.44 bits per heavy atom. The number of carbonyl (C=O) groups is 2. The Bertz CT molecular complexity index is 729. The van der Waals surface area contributed by atoms with Gasteiger partial charge in [-0.25, -0.2) is 0 Å². The first-order valence-electron chi connectivity index (χ1n) is 8.18. The number of hydrogen-bond donors (Lipinski definition) is 1. The average molecular weight is 356 g/mol. The average Bonchev–Trinajstić information content (AvgIpc) is 2.61. The number of hydrogen-bond acceptors (Lipinski definition) is 3. The molecule has 0 unspecified atom stereocenters. The van der Waals surface area contributed by atoms with Gasteiger partial charge in [-0.05, 0) is 30.2 Å². The van der Waals surface area contributed by atoms with E-state index >= 15 is 0 Å². The van der Waals surface area contributed by atoms with E-state index in [4.69, 9.17) is 0 Å². The van der Waals surface area contributed by atoms with E-state index in [9.17, 15) is 9.59 Å². The lowest BCUT2D eigenvalue weighted by atomic mass is 10.1. The molecule has 2 aromatic carbocycles. The molecule has 0 aromatic heterocycles. The van der Waals surface area contributed by atoms with E-state index in [0.29, 0.717) is 17.9 Å². The van der Waals surface area contributed by atoms with E-state index in [1.807, 2.05) is 25.2 Å². The standard InChI is InChI=1S/C20H24N2O2S/c1-15-5-4-6-17(11-15)13-25-14-19(23)22(3)12-16-7-9-18(10-8-16)20(24)21-2/h4-11H,12-14H2,1-3H3,(H,21,24). The fourth-order valence-corrected chi connectivity index (χ4v) is 3.35. The maximum Gasteiger partial charge on any atom is 0.251 e. The zero-order valence-corrected chi connectivity index (χ0v) is 15.7. The first-order chi connectivity index (χ1) is 12.0. The number of benzene rings is 2. The zero-order chi connectivity index (χ0) is 18.2. The predicted molar refractivity (Wildman–Crippen MR) is 104 cm³/mol. The lowest BCUT2D eigenvalue weighted by molar-refractivity contribution is -0.127. The Labute approximate surface area is 153 Å². The molecular formula is C20H24N2O2S. The van der Waals surface area contributed by atoms with Crippen molar-refractivity contribution in [1.82, 2.24) is 10.2 Å². The number of nitrogens with one attached hydrogen (secondary N) is 1. The Morgan fingerprint density at radius 1 is 1.08 bits per heavy atom. The Balaban J connectivity index is 1.80. The minimum Gasteiger partial charge on any atom is -0.355 e. The molecule has 2 rings (SSSR count). The molecule has 0 aliphatic carbocycles. The molecule has 2 amide bonds. The normalized spacial score (nSPS) is 10.4. The highest BCUT2D eigenvalue weighted by atomic mass is 32.2. The van der Waals surface area contributed by atoms with Crippen LogP contribution in [0.3, 0.4) is 0 Å². The van der Waals surface area contributed by atoms with Crippen molar-refractivity contribution in [2.24, 2.45) is 0 Å². The molecule has 0 fully saturated rings. The fourth-order valence-electron chi connectivity index (χ4n) is 2.44. The summed E-state index contributed by atoms with van der Waals surface area (Å²) in [5.41, 5.74) is 4.10. The minimum atomic E-state index is -0.108. The van der Waals surface area contributed by atoms with Gasteiger partial charge in [0.15, 0.2) is 0 Å². The molecule has 0 spiro atoms. The van der Waals surface area contributed by atoms with E-state index in [-0.39, 0.29) is 11.8 Å². The van der Waals surface area contributed by atoms with Crippen LogP contribution < -0.4 is 5.32 Å². The zero-order valence-electron chi connectivity index (χ0n) is 14.9. The molecule has 2 aromatic rings. The summed E-state index contributed by atoms with van der Waals surface area (Å²) < 4.78 is 0. The summed E-state index contributed by atoms with van der Waals surface area (Å²) in [7, 11) is 3.42. The van der Waals surface area contributed by atoms with Gasteiger partial charge in [-0.15, -0.1) is 11.8 Å². The van der Waals surface area contributed by atoms with Gasteiger partial charge in [-0.2, -0.15) is 0 Å².